The molecule has 168 valence electrons. The van der Waals surface area contributed by atoms with Crippen LogP contribution in [0.2, 0.25) is 0 Å². The van der Waals surface area contributed by atoms with Gasteiger partial charge in [0.2, 0.25) is 0 Å². The number of alkyl halides is 2. The van der Waals surface area contributed by atoms with E-state index in [2.05, 4.69) is 31.8 Å². The quantitative estimate of drug-likeness (QED) is 0.427. The number of esters is 1. The van der Waals surface area contributed by atoms with Crippen molar-refractivity contribution in [1.82, 2.24) is 9.78 Å². The van der Waals surface area contributed by atoms with Gasteiger partial charge in [-0.3, -0.25) is 4.68 Å². The summed E-state index contributed by atoms with van der Waals surface area (Å²) >= 11 is 3.35. The van der Waals surface area contributed by atoms with Crippen LogP contribution in [-0.4, -0.2) is 35.1 Å². The maximum atomic E-state index is 13.2. The normalized spacial score (nSPS) is 11.5. The van der Waals surface area contributed by atoms with Crippen LogP contribution < -0.4 is 9.47 Å². The van der Waals surface area contributed by atoms with Gasteiger partial charge < -0.3 is 14.2 Å². The number of carbonyl (C=O) groups excluding carboxylic acids is 1. The molecule has 3 rings (SSSR count). The second-order valence-corrected chi connectivity index (χ2v) is 8.78. The lowest BCUT2D eigenvalue weighted by Gasteiger charge is -2.22. The van der Waals surface area contributed by atoms with Gasteiger partial charge in [-0.1, -0.05) is 15.9 Å². The largest absolute Gasteiger partial charge is 0.496 e. The minimum absolute atomic E-state index is 0.0163. The van der Waals surface area contributed by atoms with E-state index in [4.69, 9.17) is 9.47 Å². The molecule has 2 aromatic carbocycles. The van der Waals surface area contributed by atoms with Gasteiger partial charge in [-0.05, 0) is 45.0 Å². The van der Waals surface area contributed by atoms with E-state index in [1.54, 1.807) is 40.0 Å². The summed E-state index contributed by atoms with van der Waals surface area (Å²) in [5.41, 5.74) is 0.576. The molecule has 0 aliphatic rings. The van der Waals surface area contributed by atoms with Crippen LogP contribution in [0.3, 0.4) is 0 Å². The van der Waals surface area contributed by atoms with Crippen LogP contribution in [0.1, 0.15) is 36.7 Å². The van der Waals surface area contributed by atoms with Crippen molar-refractivity contribution >= 4 is 32.8 Å². The van der Waals surface area contributed by atoms with Gasteiger partial charge in [0, 0.05) is 22.5 Å². The molecule has 7 nitrogen and oxygen atoms in total. The van der Waals surface area contributed by atoms with Gasteiger partial charge in [0.05, 0.1) is 30.0 Å². The fraction of sp³-hybridized carbons (Fsp3) is 0.318. The maximum Gasteiger partial charge on any atom is 0.387 e. The van der Waals surface area contributed by atoms with E-state index in [1.165, 1.54) is 23.9 Å². The molecule has 0 saturated carbocycles. The second-order valence-electron chi connectivity index (χ2n) is 7.86. The van der Waals surface area contributed by atoms with Crippen molar-refractivity contribution in [2.75, 3.05) is 7.11 Å². The SMILES string of the molecule is COc1cc(-c2c3c(C#N)cc(Br)cc3nn2C)cc(OC(F)F)c1C(=O)OC(C)(C)C. The summed E-state index contributed by atoms with van der Waals surface area (Å²) < 4.78 is 44.0. The van der Waals surface area contributed by atoms with E-state index in [-0.39, 0.29) is 11.3 Å². The molecule has 0 N–H and O–H groups in total. The minimum Gasteiger partial charge on any atom is -0.496 e. The Balaban J connectivity index is 2.31. The lowest BCUT2D eigenvalue weighted by molar-refractivity contribution is -0.0509. The first-order chi connectivity index (χ1) is 14.9. The summed E-state index contributed by atoms with van der Waals surface area (Å²) in [6.45, 7) is 1.78. The standard InChI is InChI=1S/C22H20BrF2N3O4/c1-22(2,3)32-20(29)18-15(30-5)7-11(8-16(18)31-21(24)25)19-17-12(10-26)6-13(23)9-14(17)27-28(19)4/h6-9,21H,1-5H3. The number of benzene rings is 2. The fourth-order valence-electron chi connectivity index (χ4n) is 3.32. The van der Waals surface area contributed by atoms with Gasteiger partial charge in [0.1, 0.15) is 22.7 Å². The predicted molar refractivity (Wildman–Crippen MR) is 117 cm³/mol. The summed E-state index contributed by atoms with van der Waals surface area (Å²) in [6, 6.07) is 8.28. The molecule has 0 unspecified atom stereocenters. The number of fused-ring (bicyclic) bond motifs is 1. The summed E-state index contributed by atoms with van der Waals surface area (Å²) in [4.78, 5) is 12.8. The molecular formula is C22H20BrF2N3O4. The molecule has 0 bridgehead atoms. The molecule has 10 heteroatoms. The molecular weight excluding hydrogens is 488 g/mol. The zero-order chi connectivity index (χ0) is 23.8. The molecule has 0 fully saturated rings. The molecule has 1 heterocycles. The highest BCUT2D eigenvalue weighted by molar-refractivity contribution is 9.10. The van der Waals surface area contributed by atoms with E-state index < -0.39 is 23.9 Å². The Morgan fingerprint density at radius 1 is 1.22 bits per heavy atom. The molecule has 0 atom stereocenters. The van der Waals surface area contributed by atoms with Crippen LogP contribution in [0.5, 0.6) is 11.5 Å². The van der Waals surface area contributed by atoms with Crippen LogP contribution in [0.25, 0.3) is 22.2 Å². The van der Waals surface area contributed by atoms with Crippen molar-refractivity contribution < 1.29 is 27.8 Å². The highest BCUT2D eigenvalue weighted by Gasteiger charge is 2.28. The summed E-state index contributed by atoms with van der Waals surface area (Å²) in [5.74, 6) is -1.29. The van der Waals surface area contributed by atoms with Crippen molar-refractivity contribution in [1.29, 1.82) is 5.26 Å². The van der Waals surface area contributed by atoms with Crippen molar-refractivity contribution in [2.45, 2.75) is 33.0 Å². The Morgan fingerprint density at radius 2 is 1.88 bits per heavy atom. The van der Waals surface area contributed by atoms with Crippen molar-refractivity contribution in [3.05, 3.63) is 39.9 Å². The Kier molecular flexibility index (Phi) is 6.41. The van der Waals surface area contributed by atoms with Gasteiger partial charge in [-0.2, -0.15) is 19.1 Å². The highest BCUT2D eigenvalue weighted by Crippen LogP contribution is 2.40. The molecule has 0 amide bonds. The fourth-order valence-corrected chi connectivity index (χ4v) is 3.77. The topological polar surface area (TPSA) is 86.4 Å². The molecule has 32 heavy (non-hydrogen) atoms. The van der Waals surface area contributed by atoms with Gasteiger partial charge in [0.25, 0.3) is 0 Å². The number of halogens is 3. The van der Waals surface area contributed by atoms with Gasteiger partial charge in [0.15, 0.2) is 0 Å². The number of nitrogens with zero attached hydrogens (tertiary/aromatic N) is 3. The van der Waals surface area contributed by atoms with Crippen LogP contribution in [0.4, 0.5) is 8.78 Å². The summed E-state index contributed by atoms with van der Waals surface area (Å²) in [6.07, 6.45) is 0. The Bertz CT molecular complexity index is 1240. The first-order valence-corrected chi connectivity index (χ1v) is 10.2. The highest BCUT2D eigenvalue weighted by atomic mass is 79.9. The third-order valence-electron chi connectivity index (χ3n) is 4.40. The smallest absolute Gasteiger partial charge is 0.387 e. The van der Waals surface area contributed by atoms with Crippen molar-refractivity contribution in [3.8, 4) is 28.8 Å². The van der Waals surface area contributed by atoms with Crippen LogP contribution in [0.15, 0.2) is 28.7 Å². The molecule has 0 radical (unpaired) electrons. The number of ether oxygens (including phenoxy) is 3. The van der Waals surface area contributed by atoms with Crippen LogP contribution in [0, 0.1) is 11.3 Å². The summed E-state index contributed by atoms with van der Waals surface area (Å²) in [5, 5.41) is 14.6. The lowest BCUT2D eigenvalue weighted by atomic mass is 10.0. The van der Waals surface area contributed by atoms with E-state index in [9.17, 15) is 18.8 Å². The lowest BCUT2D eigenvalue weighted by Crippen LogP contribution is -2.25. The monoisotopic (exact) mass is 507 g/mol. The molecule has 0 spiro atoms. The van der Waals surface area contributed by atoms with E-state index in [0.29, 0.717) is 32.2 Å². The second kappa shape index (κ2) is 8.74. The average molecular weight is 508 g/mol. The average Bonchev–Trinajstić information content (AvgIpc) is 3.00. The number of aromatic nitrogens is 2. The van der Waals surface area contributed by atoms with E-state index in [0.717, 1.165) is 0 Å². The van der Waals surface area contributed by atoms with E-state index in [1.807, 2.05) is 0 Å². The van der Waals surface area contributed by atoms with Crippen molar-refractivity contribution in [3.63, 3.8) is 0 Å². The Labute approximate surface area is 191 Å². The Morgan fingerprint density at radius 3 is 2.44 bits per heavy atom. The van der Waals surface area contributed by atoms with Crippen LogP contribution >= 0.6 is 15.9 Å². The maximum absolute atomic E-state index is 13.2. The molecule has 1 aromatic heterocycles. The summed E-state index contributed by atoms with van der Waals surface area (Å²) in [7, 11) is 2.96. The van der Waals surface area contributed by atoms with Gasteiger partial charge in [-0.25, -0.2) is 4.79 Å². The van der Waals surface area contributed by atoms with Crippen molar-refractivity contribution in [2.24, 2.45) is 7.05 Å². The number of methoxy groups -OCH3 is 1. The molecule has 3 aromatic rings. The number of aryl methyl sites for hydroxylation is 1. The van der Waals surface area contributed by atoms with Gasteiger partial charge >= 0.3 is 12.6 Å². The molecule has 0 aliphatic carbocycles. The number of hydrogen-bond donors (Lipinski definition) is 0. The molecule has 0 aliphatic heterocycles. The third kappa shape index (κ3) is 4.67. The van der Waals surface area contributed by atoms with Crippen LogP contribution in [-0.2, 0) is 11.8 Å². The zero-order valence-electron chi connectivity index (χ0n) is 18.0. The minimum atomic E-state index is -3.19. The predicted octanol–water partition coefficient (Wildman–Crippen LogP) is 5.44. The first-order valence-electron chi connectivity index (χ1n) is 9.42. The van der Waals surface area contributed by atoms with E-state index >= 15 is 0 Å². The first kappa shape index (κ1) is 23.5. The zero-order valence-corrected chi connectivity index (χ0v) is 19.6. The third-order valence-corrected chi connectivity index (χ3v) is 4.86. The number of nitriles is 1. The molecule has 0 saturated heterocycles. The van der Waals surface area contributed by atoms with Gasteiger partial charge in [-0.15, -0.1) is 0 Å². The number of rotatable bonds is 5. The number of hydrogen-bond acceptors (Lipinski definition) is 6. The Hall–Kier alpha value is -3.19. The number of carbonyl (C=O) groups is 1.